The molecule has 1 aromatic carbocycles. The van der Waals surface area contributed by atoms with Crippen molar-refractivity contribution in [3.8, 4) is 11.5 Å². The van der Waals surface area contributed by atoms with Crippen molar-refractivity contribution in [2.24, 2.45) is 11.8 Å². The Labute approximate surface area is 167 Å². The van der Waals surface area contributed by atoms with E-state index in [0.29, 0.717) is 31.2 Å². The summed E-state index contributed by atoms with van der Waals surface area (Å²) in [6.45, 7) is 1.73. The van der Waals surface area contributed by atoms with Crippen molar-refractivity contribution in [3.05, 3.63) is 23.8 Å². The van der Waals surface area contributed by atoms with Crippen LogP contribution in [0.3, 0.4) is 0 Å². The zero-order valence-electron chi connectivity index (χ0n) is 17.1. The second kappa shape index (κ2) is 11.5. The van der Waals surface area contributed by atoms with Gasteiger partial charge in [0.2, 0.25) is 11.8 Å². The summed E-state index contributed by atoms with van der Waals surface area (Å²) in [7, 11) is 4.83. The fourth-order valence-corrected chi connectivity index (χ4v) is 3.51. The Hall–Kier alpha value is -2.28. The van der Waals surface area contributed by atoms with Crippen molar-refractivity contribution in [3.63, 3.8) is 0 Å². The molecule has 2 rings (SSSR count). The highest BCUT2D eigenvalue weighted by Crippen LogP contribution is 2.30. The highest BCUT2D eigenvalue weighted by atomic mass is 16.5. The fraction of sp³-hybridized carbons (Fsp3) is 0.619. The molecule has 2 amide bonds. The minimum absolute atomic E-state index is 0.0115. The summed E-state index contributed by atoms with van der Waals surface area (Å²) >= 11 is 0. The molecule has 1 saturated carbocycles. The highest BCUT2D eigenvalue weighted by Gasteiger charge is 2.29. The summed E-state index contributed by atoms with van der Waals surface area (Å²) in [6, 6.07) is 5.60. The van der Waals surface area contributed by atoms with Gasteiger partial charge in [0.1, 0.15) is 0 Å². The van der Waals surface area contributed by atoms with Gasteiger partial charge < -0.3 is 24.8 Å². The molecule has 0 aliphatic heterocycles. The molecular weight excluding hydrogens is 360 g/mol. The van der Waals surface area contributed by atoms with Crippen LogP contribution in [0.4, 0.5) is 0 Å². The SMILES string of the molecule is COCCCNC(=O)C1CCC(C(=O)NCc2ccc(OC)c(OC)c2)CC1. The molecule has 0 aromatic heterocycles. The molecule has 1 fully saturated rings. The van der Waals surface area contributed by atoms with E-state index < -0.39 is 0 Å². The lowest BCUT2D eigenvalue weighted by Gasteiger charge is -2.27. The number of carbonyl (C=O) groups is 2. The van der Waals surface area contributed by atoms with Crippen molar-refractivity contribution in [1.29, 1.82) is 0 Å². The van der Waals surface area contributed by atoms with Gasteiger partial charge in [-0.2, -0.15) is 0 Å². The lowest BCUT2D eigenvalue weighted by Crippen LogP contribution is -2.37. The molecule has 1 aliphatic carbocycles. The maximum atomic E-state index is 12.5. The van der Waals surface area contributed by atoms with E-state index in [-0.39, 0.29) is 23.7 Å². The third-order valence-corrected chi connectivity index (χ3v) is 5.21. The summed E-state index contributed by atoms with van der Waals surface area (Å²) in [5, 5.41) is 5.96. The Morgan fingerprint density at radius 2 is 1.54 bits per heavy atom. The number of hydrogen-bond donors (Lipinski definition) is 2. The number of carbonyl (C=O) groups excluding carboxylic acids is 2. The van der Waals surface area contributed by atoms with Gasteiger partial charge in [-0.15, -0.1) is 0 Å². The number of rotatable bonds is 10. The van der Waals surface area contributed by atoms with E-state index in [0.717, 1.165) is 37.7 Å². The molecule has 156 valence electrons. The maximum Gasteiger partial charge on any atom is 0.223 e. The predicted molar refractivity (Wildman–Crippen MR) is 106 cm³/mol. The van der Waals surface area contributed by atoms with Crippen molar-refractivity contribution in [2.75, 3.05) is 34.5 Å². The van der Waals surface area contributed by atoms with Crippen LogP contribution in [0, 0.1) is 11.8 Å². The van der Waals surface area contributed by atoms with E-state index in [2.05, 4.69) is 10.6 Å². The predicted octanol–water partition coefficient (Wildman–Crippen LogP) is 2.28. The molecule has 0 heterocycles. The molecule has 2 N–H and O–H groups in total. The molecule has 1 aliphatic rings. The van der Waals surface area contributed by atoms with Gasteiger partial charge >= 0.3 is 0 Å². The molecule has 1 aromatic rings. The van der Waals surface area contributed by atoms with Crippen LogP contribution in [0.2, 0.25) is 0 Å². The highest BCUT2D eigenvalue weighted by molar-refractivity contribution is 5.81. The van der Waals surface area contributed by atoms with Gasteiger partial charge in [-0.05, 0) is 49.8 Å². The second-order valence-electron chi connectivity index (χ2n) is 7.09. The number of benzene rings is 1. The third kappa shape index (κ3) is 6.41. The standard InChI is InChI=1S/C21H32N2O5/c1-26-12-4-11-22-20(24)16-6-8-17(9-7-16)21(25)23-14-15-5-10-18(27-2)19(13-15)28-3/h5,10,13,16-17H,4,6-9,11-12,14H2,1-3H3,(H,22,24)(H,23,25). The Bertz CT molecular complexity index is 642. The number of amides is 2. The van der Waals surface area contributed by atoms with Gasteiger partial charge in [0, 0.05) is 38.6 Å². The Balaban J connectivity index is 1.74. The zero-order valence-corrected chi connectivity index (χ0v) is 17.1. The van der Waals surface area contributed by atoms with Gasteiger partial charge in [0.05, 0.1) is 14.2 Å². The molecule has 0 radical (unpaired) electrons. The molecule has 0 bridgehead atoms. The van der Waals surface area contributed by atoms with E-state index in [1.807, 2.05) is 18.2 Å². The summed E-state index contributed by atoms with van der Waals surface area (Å²) in [5.41, 5.74) is 0.954. The molecule has 0 atom stereocenters. The summed E-state index contributed by atoms with van der Waals surface area (Å²) < 4.78 is 15.5. The van der Waals surface area contributed by atoms with Gasteiger partial charge in [-0.3, -0.25) is 9.59 Å². The largest absolute Gasteiger partial charge is 0.493 e. The zero-order chi connectivity index (χ0) is 20.4. The normalized spacial score (nSPS) is 19.0. The van der Waals surface area contributed by atoms with Crippen LogP contribution in [0.25, 0.3) is 0 Å². The Morgan fingerprint density at radius 3 is 2.11 bits per heavy atom. The second-order valence-corrected chi connectivity index (χ2v) is 7.09. The Kier molecular flexibility index (Phi) is 9.07. The summed E-state index contributed by atoms with van der Waals surface area (Å²) in [4.78, 5) is 24.7. The monoisotopic (exact) mass is 392 g/mol. The number of methoxy groups -OCH3 is 3. The van der Waals surface area contributed by atoms with E-state index in [4.69, 9.17) is 14.2 Å². The van der Waals surface area contributed by atoms with E-state index >= 15 is 0 Å². The average molecular weight is 392 g/mol. The van der Waals surface area contributed by atoms with Crippen LogP contribution in [0.15, 0.2) is 18.2 Å². The third-order valence-electron chi connectivity index (χ3n) is 5.21. The maximum absolute atomic E-state index is 12.5. The lowest BCUT2D eigenvalue weighted by atomic mass is 9.81. The van der Waals surface area contributed by atoms with Crippen LogP contribution >= 0.6 is 0 Å². The first-order valence-corrected chi connectivity index (χ1v) is 9.84. The average Bonchev–Trinajstić information content (AvgIpc) is 2.74. The smallest absolute Gasteiger partial charge is 0.223 e. The first-order chi connectivity index (χ1) is 13.6. The number of ether oxygens (including phenoxy) is 3. The van der Waals surface area contributed by atoms with Crippen molar-refractivity contribution in [2.45, 2.75) is 38.6 Å². The molecule has 28 heavy (non-hydrogen) atoms. The number of hydrogen-bond acceptors (Lipinski definition) is 5. The molecule has 7 nitrogen and oxygen atoms in total. The van der Waals surface area contributed by atoms with Crippen molar-refractivity contribution < 1.29 is 23.8 Å². The summed E-state index contributed by atoms with van der Waals surface area (Å²) in [6.07, 6.45) is 3.81. The van der Waals surface area contributed by atoms with Crippen molar-refractivity contribution >= 4 is 11.8 Å². The van der Waals surface area contributed by atoms with Crippen LogP contribution in [0.5, 0.6) is 11.5 Å². The van der Waals surface area contributed by atoms with Crippen LogP contribution in [-0.4, -0.2) is 46.3 Å². The van der Waals surface area contributed by atoms with E-state index in [1.165, 1.54) is 0 Å². The molecule has 7 heteroatoms. The first kappa shape index (κ1) is 22.0. The first-order valence-electron chi connectivity index (χ1n) is 9.84. The molecule has 0 spiro atoms. The minimum atomic E-state index is -0.0299. The van der Waals surface area contributed by atoms with Crippen LogP contribution < -0.4 is 20.1 Å². The van der Waals surface area contributed by atoms with E-state index in [1.54, 1.807) is 21.3 Å². The fourth-order valence-electron chi connectivity index (χ4n) is 3.51. The molecular formula is C21H32N2O5. The van der Waals surface area contributed by atoms with Crippen molar-refractivity contribution in [1.82, 2.24) is 10.6 Å². The van der Waals surface area contributed by atoms with Gasteiger partial charge in [0.25, 0.3) is 0 Å². The van der Waals surface area contributed by atoms with Gasteiger partial charge in [-0.25, -0.2) is 0 Å². The lowest BCUT2D eigenvalue weighted by molar-refractivity contribution is -0.130. The molecule has 0 saturated heterocycles. The number of nitrogens with one attached hydrogen (secondary N) is 2. The van der Waals surface area contributed by atoms with E-state index in [9.17, 15) is 9.59 Å². The molecule has 0 unspecified atom stereocenters. The minimum Gasteiger partial charge on any atom is -0.493 e. The quantitative estimate of drug-likeness (QED) is 0.597. The van der Waals surface area contributed by atoms with Gasteiger partial charge in [-0.1, -0.05) is 6.07 Å². The van der Waals surface area contributed by atoms with Crippen LogP contribution in [0.1, 0.15) is 37.7 Å². The summed E-state index contributed by atoms with van der Waals surface area (Å²) in [5.74, 6) is 1.44. The topological polar surface area (TPSA) is 85.9 Å². The Morgan fingerprint density at radius 1 is 0.929 bits per heavy atom. The van der Waals surface area contributed by atoms with Crippen LogP contribution in [-0.2, 0) is 20.9 Å². The van der Waals surface area contributed by atoms with Gasteiger partial charge in [0.15, 0.2) is 11.5 Å².